The van der Waals surface area contributed by atoms with E-state index >= 15 is 0 Å². The van der Waals surface area contributed by atoms with E-state index < -0.39 is 0 Å². The first-order chi connectivity index (χ1) is 9.65. The molecule has 0 aliphatic carbocycles. The van der Waals surface area contributed by atoms with Gasteiger partial charge in [0.05, 0.1) is 6.61 Å². The maximum atomic E-state index is 6.15. The summed E-state index contributed by atoms with van der Waals surface area (Å²) in [7, 11) is 0. The lowest BCUT2D eigenvalue weighted by Gasteiger charge is -2.10. The minimum absolute atomic E-state index is 0.807. The third-order valence-electron chi connectivity index (χ3n) is 3.46. The summed E-state index contributed by atoms with van der Waals surface area (Å²) >= 11 is 9.61. The van der Waals surface area contributed by atoms with Crippen LogP contribution in [0.15, 0.2) is 12.1 Å². The molecule has 20 heavy (non-hydrogen) atoms. The van der Waals surface area contributed by atoms with Gasteiger partial charge in [0, 0.05) is 10.4 Å². The van der Waals surface area contributed by atoms with E-state index in [4.69, 9.17) is 16.3 Å². The van der Waals surface area contributed by atoms with E-state index in [9.17, 15) is 0 Å². The average Bonchev–Trinajstić information content (AvgIpc) is 2.43. The van der Waals surface area contributed by atoms with Crippen LogP contribution in [-0.4, -0.2) is 11.9 Å². The SMILES string of the molecule is Cc1cc(OCCCCCCCCCBr)cc(C)c1Cl. The van der Waals surface area contributed by atoms with Gasteiger partial charge in [-0.05, 0) is 49.9 Å². The van der Waals surface area contributed by atoms with Crippen LogP contribution in [0.1, 0.15) is 56.1 Å². The molecule has 0 aromatic heterocycles. The van der Waals surface area contributed by atoms with Gasteiger partial charge in [0.1, 0.15) is 5.75 Å². The number of alkyl halides is 1. The molecular weight excluding hydrogens is 336 g/mol. The molecule has 0 bridgehead atoms. The zero-order valence-corrected chi connectivity index (χ0v) is 15.0. The normalized spacial score (nSPS) is 10.8. The zero-order chi connectivity index (χ0) is 14.8. The minimum atomic E-state index is 0.807. The average molecular weight is 362 g/mol. The molecular formula is C17H26BrClO. The van der Waals surface area contributed by atoms with Crippen molar-refractivity contribution in [3.8, 4) is 5.75 Å². The number of benzene rings is 1. The number of halogens is 2. The number of rotatable bonds is 10. The highest BCUT2D eigenvalue weighted by Gasteiger charge is 2.03. The molecule has 1 nitrogen and oxygen atoms in total. The molecule has 0 radical (unpaired) electrons. The van der Waals surface area contributed by atoms with Crippen LogP contribution < -0.4 is 4.74 Å². The van der Waals surface area contributed by atoms with Crippen LogP contribution in [0.3, 0.4) is 0 Å². The maximum Gasteiger partial charge on any atom is 0.119 e. The van der Waals surface area contributed by atoms with E-state index in [-0.39, 0.29) is 0 Å². The van der Waals surface area contributed by atoms with Crippen molar-refractivity contribution < 1.29 is 4.74 Å². The Morgan fingerprint density at radius 3 is 1.95 bits per heavy atom. The summed E-state index contributed by atoms with van der Waals surface area (Å²) < 4.78 is 5.80. The molecule has 0 atom stereocenters. The molecule has 0 heterocycles. The summed E-state index contributed by atoms with van der Waals surface area (Å²) in [4.78, 5) is 0. The second-order valence-corrected chi connectivity index (χ2v) is 6.55. The predicted octanol–water partition coefficient (Wildman–Crippen LogP) is 6.46. The highest BCUT2D eigenvalue weighted by atomic mass is 79.9. The Kier molecular flexibility index (Phi) is 9.37. The largest absolute Gasteiger partial charge is 0.494 e. The third kappa shape index (κ3) is 6.99. The molecule has 0 spiro atoms. The van der Waals surface area contributed by atoms with E-state index in [1.54, 1.807) is 0 Å². The van der Waals surface area contributed by atoms with Crippen molar-refractivity contribution >= 4 is 27.5 Å². The maximum absolute atomic E-state index is 6.15. The third-order valence-corrected chi connectivity index (χ3v) is 4.61. The number of hydrogen-bond acceptors (Lipinski definition) is 1. The van der Waals surface area contributed by atoms with Gasteiger partial charge < -0.3 is 4.74 Å². The van der Waals surface area contributed by atoms with Crippen molar-refractivity contribution in [2.24, 2.45) is 0 Å². The molecule has 0 fully saturated rings. The number of aryl methyl sites for hydroxylation is 2. The fourth-order valence-corrected chi connectivity index (χ4v) is 2.77. The Hall–Kier alpha value is -0.210. The molecule has 0 saturated heterocycles. The fourth-order valence-electron chi connectivity index (χ4n) is 2.26. The van der Waals surface area contributed by atoms with E-state index in [0.29, 0.717) is 0 Å². The quantitative estimate of drug-likeness (QED) is 0.343. The number of unbranched alkanes of at least 4 members (excludes halogenated alkanes) is 6. The number of hydrogen-bond donors (Lipinski definition) is 0. The van der Waals surface area contributed by atoms with Gasteiger partial charge in [-0.3, -0.25) is 0 Å². The molecule has 0 amide bonds. The Morgan fingerprint density at radius 2 is 1.40 bits per heavy atom. The van der Waals surface area contributed by atoms with Crippen molar-refractivity contribution in [3.05, 3.63) is 28.3 Å². The van der Waals surface area contributed by atoms with Crippen molar-refractivity contribution in [1.82, 2.24) is 0 Å². The molecule has 0 N–H and O–H groups in total. The van der Waals surface area contributed by atoms with Gasteiger partial charge in [-0.15, -0.1) is 0 Å². The second-order valence-electron chi connectivity index (χ2n) is 5.38. The van der Waals surface area contributed by atoms with Gasteiger partial charge in [0.2, 0.25) is 0 Å². The molecule has 3 heteroatoms. The van der Waals surface area contributed by atoms with Crippen LogP contribution in [0.25, 0.3) is 0 Å². The standard InChI is InChI=1S/C17H26BrClO/c1-14-12-16(13-15(2)17(14)19)20-11-9-7-5-3-4-6-8-10-18/h12-13H,3-11H2,1-2H3. The summed E-state index contributed by atoms with van der Waals surface area (Å²) in [5.74, 6) is 0.946. The lowest BCUT2D eigenvalue weighted by Crippen LogP contribution is -1.98. The van der Waals surface area contributed by atoms with Gasteiger partial charge in [0.15, 0.2) is 0 Å². The van der Waals surface area contributed by atoms with Gasteiger partial charge in [-0.1, -0.05) is 59.6 Å². The van der Waals surface area contributed by atoms with E-state index in [1.807, 2.05) is 26.0 Å². The van der Waals surface area contributed by atoms with Gasteiger partial charge >= 0.3 is 0 Å². The second kappa shape index (κ2) is 10.5. The van der Waals surface area contributed by atoms with Crippen molar-refractivity contribution in [3.63, 3.8) is 0 Å². The van der Waals surface area contributed by atoms with Crippen molar-refractivity contribution in [2.75, 3.05) is 11.9 Å². The van der Waals surface area contributed by atoms with E-state index in [2.05, 4.69) is 15.9 Å². The number of ether oxygens (including phenoxy) is 1. The first-order valence-corrected chi connectivity index (χ1v) is 9.10. The molecule has 114 valence electrons. The summed E-state index contributed by atoms with van der Waals surface area (Å²) in [6.07, 6.45) is 9.10. The highest BCUT2D eigenvalue weighted by Crippen LogP contribution is 2.26. The summed E-state index contributed by atoms with van der Waals surface area (Å²) in [5, 5.41) is 1.99. The van der Waals surface area contributed by atoms with Gasteiger partial charge in [-0.2, -0.15) is 0 Å². The van der Waals surface area contributed by atoms with Gasteiger partial charge in [-0.25, -0.2) is 0 Å². The van der Waals surface area contributed by atoms with Crippen molar-refractivity contribution in [1.29, 1.82) is 0 Å². The van der Waals surface area contributed by atoms with Crippen LogP contribution in [0.2, 0.25) is 5.02 Å². The Balaban J connectivity index is 2.10. The molecule has 0 aliphatic rings. The zero-order valence-electron chi connectivity index (χ0n) is 12.7. The summed E-state index contributed by atoms with van der Waals surface area (Å²) in [6, 6.07) is 4.05. The summed E-state index contributed by atoms with van der Waals surface area (Å²) in [6.45, 7) is 4.85. The van der Waals surface area contributed by atoms with E-state index in [0.717, 1.165) is 40.3 Å². The lowest BCUT2D eigenvalue weighted by molar-refractivity contribution is 0.304. The van der Waals surface area contributed by atoms with Crippen LogP contribution in [0, 0.1) is 13.8 Å². The Labute approximate surface area is 137 Å². The van der Waals surface area contributed by atoms with Crippen LogP contribution in [-0.2, 0) is 0 Å². The minimum Gasteiger partial charge on any atom is -0.494 e. The Bertz CT molecular complexity index is 370. The summed E-state index contributed by atoms with van der Waals surface area (Å²) in [5.41, 5.74) is 2.18. The highest BCUT2D eigenvalue weighted by molar-refractivity contribution is 9.09. The smallest absolute Gasteiger partial charge is 0.119 e. The first-order valence-electron chi connectivity index (χ1n) is 7.60. The molecule has 1 aromatic rings. The lowest BCUT2D eigenvalue weighted by atomic mass is 10.1. The van der Waals surface area contributed by atoms with Crippen LogP contribution >= 0.6 is 27.5 Å². The first kappa shape index (κ1) is 17.8. The molecule has 0 aliphatic heterocycles. The molecule has 0 unspecified atom stereocenters. The molecule has 1 rings (SSSR count). The topological polar surface area (TPSA) is 9.23 Å². The predicted molar refractivity (Wildman–Crippen MR) is 92.5 cm³/mol. The van der Waals surface area contributed by atoms with Crippen molar-refractivity contribution in [2.45, 2.75) is 58.8 Å². The monoisotopic (exact) mass is 360 g/mol. The fraction of sp³-hybridized carbons (Fsp3) is 0.647. The van der Waals surface area contributed by atoms with E-state index in [1.165, 1.54) is 38.5 Å². The molecule has 1 aromatic carbocycles. The van der Waals surface area contributed by atoms with Crippen LogP contribution in [0.4, 0.5) is 0 Å². The Morgan fingerprint density at radius 1 is 0.900 bits per heavy atom. The molecule has 0 saturated carbocycles. The van der Waals surface area contributed by atoms with Crippen LogP contribution in [0.5, 0.6) is 5.75 Å². The van der Waals surface area contributed by atoms with Gasteiger partial charge in [0.25, 0.3) is 0 Å².